The molecule has 5 nitrogen and oxygen atoms in total. The summed E-state index contributed by atoms with van der Waals surface area (Å²) in [4.78, 5) is 22.0. The summed E-state index contributed by atoms with van der Waals surface area (Å²) >= 11 is 0. The Labute approximate surface area is 89.2 Å². The van der Waals surface area contributed by atoms with Crippen molar-refractivity contribution in [2.24, 2.45) is 11.8 Å². The highest BCUT2D eigenvalue weighted by molar-refractivity contribution is 5.74. The number of carbonyl (C=O) groups is 2. The van der Waals surface area contributed by atoms with E-state index in [1.807, 2.05) is 6.92 Å². The summed E-state index contributed by atoms with van der Waals surface area (Å²) in [5.41, 5.74) is 0. The van der Waals surface area contributed by atoms with Crippen molar-refractivity contribution in [2.45, 2.75) is 26.2 Å². The van der Waals surface area contributed by atoms with E-state index < -0.39 is 5.97 Å². The molecule has 2 atom stereocenters. The molecule has 2 unspecified atom stereocenters. The number of carboxylic acid groups (broad SMARTS) is 1. The van der Waals surface area contributed by atoms with Gasteiger partial charge in [0.1, 0.15) is 0 Å². The van der Waals surface area contributed by atoms with Gasteiger partial charge in [0, 0.05) is 13.1 Å². The molecule has 0 saturated heterocycles. The lowest BCUT2D eigenvalue weighted by atomic mass is 9.96. The molecule has 0 aromatic heterocycles. The molecular formula is C10H18N2O3. The van der Waals surface area contributed by atoms with Crippen LogP contribution in [0, 0.1) is 11.8 Å². The average Bonchev–Trinajstić information content (AvgIpc) is 2.63. The number of rotatable bonds is 4. The molecule has 0 bridgehead atoms. The van der Waals surface area contributed by atoms with Crippen molar-refractivity contribution in [3.63, 3.8) is 0 Å². The van der Waals surface area contributed by atoms with E-state index in [0.717, 1.165) is 19.3 Å². The molecule has 0 heterocycles. The maximum absolute atomic E-state index is 11.1. The summed E-state index contributed by atoms with van der Waals surface area (Å²) in [5, 5.41) is 14.2. The van der Waals surface area contributed by atoms with Crippen LogP contribution in [0.3, 0.4) is 0 Å². The van der Waals surface area contributed by atoms with Gasteiger partial charge in [0.2, 0.25) is 0 Å². The van der Waals surface area contributed by atoms with Crippen LogP contribution < -0.4 is 10.6 Å². The molecule has 5 heteroatoms. The largest absolute Gasteiger partial charge is 0.481 e. The lowest BCUT2D eigenvalue weighted by Gasteiger charge is -2.16. The fourth-order valence-corrected chi connectivity index (χ4v) is 2.05. The Morgan fingerprint density at radius 2 is 2.07 bits per heavy atom. The fourth-order valence-electron chi connectivity index (χ4n) is 2.05. The topological polar surface area (TPSA) is 78.4 Å². The molecule has 1 fully saturated rings. The van der Waals surface area contributed by atoms with Crippen LogP contribution in [0.25, 0.3) is 0 Å². The number of aliphatic carboxylic acids is 1. The van der Waals surface area contributed by atoms with Crippen molar-refractivity contribution < 1.29 is 14.7 Å². The van der Waals surface area contributed by atoms with Crippen molar-refractivity contribution in [1.82, 2.24) is 10.6 Å². The van der Waals surface area contributed by atoms with Crippen LogP contribution in [0.2, 0.25) is 0 Å². The highest BCUT2D eigenvalue weighted by Crippen LogP contribution is 2.31. The molecule has 2 amide bonds. The monoisotopic (exact) mass is 214 g/mol. The number of nitrogens with one attached hydrogen (secondary N) is 2. The van der Waals surface area contributed by atoms with Crippen LogP contribution in [-0.2, 0) is 4.79 Å². The van der Waals surface area contributed by atoms with Gasteiger partial charge >= 0.3 is 12.0 Å². The number of hydrogen-bond donors (Lipinski definition) is 3. The van der Waals surface area contributed by atoms with E-state index in [9.17, 15) is 9.59 Å². The standard InChI is InChI=1S/C10H18N2O3/c1-2-11-10(15)12-6-7-4-3-5-8(7)9(13)14/h7-8H,2-6H2,1H3,(H,13,14)(H2,11,12,15). The highest BCUT2D eigenvalue weighted by atomic mass is 16.4. The summed E-state index contributed by atoms with van der Waals surface area (Å²) in [6, 6.07) is -0.214. The Bertz CT molecular complexity index is 243. The minimum absolute atomic E-state index is 0.0881. The summed E-state index contributed by atoms with van der Waals surface area (Å²) in [5.74, 6) is -0.938. The zero-order valence-electron chi connectivity index (χ0n) is 8.95. The molecule has 15 heavy (non-hydrogen) atoms. The van der Waals surface area contributed by atoms with Crippen LogP contribution in [-0.4, -0.2) is 30.2 Å². The van der Waals surface area contributed by atoms with Gasteiger partial charge in [-0.05, 0) is 25.7 Å². The average molecular weight is 214 g/mol. The smallest absolute Gasteiger partial charge is 0.314 e. The molecule has 0 aromatic rings. The Hall–Kier alpha value is -1.26. The molecule has 0 aromatic carbocycles. The second-order valence-electron chi connectivity index (χ2n) is 3.88. The first kappa shape index (κ1) is 11.8. The third-order valence-electron chi connectivity index (χ3n) is 2.84. The van der Waals surface area contributed by atoms with Gasteiger partial charge in [0.15, 0.2) is 0 Å². The number of amides is 2. The zero-order valence-corrected chi connectivity index (χ0v) is 8.95. The lowest BCUT2D eigenvalue weighted by molar-refractivity contribution is -0.142. The van der Waals surface area contributed by atoms with Crippen LogP contribution in [0.4, 0.5) is 4.79 Å². The van der Waals surface area contributed by atoms with E-state index in [4.69, 9.17) is 5.11 Å². The first-order valence-corrected chi connectivity index (χ1v) is 5.39. The molecular weight excluding hydrogens is 196 g/mol. The Morgan fingerprint density at radius 3 is 2.67 bits per heavy atom. The van der Waals surface area contributed by atoms with E-state index in [0.29, 0.717) is 13.1 Å². The van der Waals surface area contributed by atoms with Gasteiger partial charge in [0.05, 0.1) is 5.92 Å². The molecule has 0 aliphatic heterocycles. The summed E-state index contributed by atoms with van der Waals surface area (Å²) in [7, 11) is 0. The predicted octanol–water partition coefficient (Wildman–Crippen LogP) is 0.806. The fraction of sp³-hybridized carbons (Fsp3) is 0.800. The quantitative estimate of drug-likeness (QED) is 0.648. The molecule has 1 rings (SSSR count). The van der Waals surface area contributed by atoms with Crippen molar-refractivity contribution in [1.29, 1.82) is 0 Å². The second-order valence-corrected chi connectivity index (χ2v) is 3.88. The maximum Gasteiger partial charge on any atom is 0.314 e. The molecule has 1 aliphatic rings. The van der Waals surface area contributed by atoms with Crippen molar-refractivity contribution >= 4 is 12.0 Å². The first-order valence-electron chi connectivity index (χ1n) is 5.39. The van der Waals surface area contributed by atoms with Crippen LogP contribution >= 0.6 is 0 Å². The maximum atomic E-state index is 11.1. The normalized spacial score (nSPS) is 24.9. The van der Waals surface area contributed by atoms with Gasteiger partial charge in [-0.1, -0.05) is 6.42 Å². The molecule has 1 aliphatic carbocycles. The summed E-state index contributed by atoms with van der Waals surface area (Å²) in [6.07, 6.45) is 2.57. The van der Waals surface area contributed by atoms with Crippen molar-refractivity contribution in [3.05, 3.63) is 0 Å². The van der Waals surface area contributed by atoms with E-state index in [-0.39, 0.29) is 17.9 Å². The molecule has 0 spiro atoms. The Kier molecular flexibility index (Phi) is 4.39. The van der Waals surface area contributed by atoms with Gasteiger partial charge < -0.3 is 15.7 Å². The zero-order chi connectivity index (χ0) is 11.3. The highest BCUT2D eigenvalue weighted by Gasteiger charge is 2.32. The minimum Gasteiger partial charge on any atom is -0.481 e. The Morgan fingerprint density at radius 1 is 1.33 bits per heavy atom. The number of urea groups is 1. The minimum atomic E-state index is -0.741. The van der Waals surface area contributed by atoms with Gasteiger partial charge in [-0.25, -0.2) is 4.79 Å². The third kappa shape index (κ3) is 3.42. The van der Waals surface area contributed by atoms with E-state index in [1.165, 1.54) is 0 Å². The molecule has 1 saturated carbocycles. The lowest BCUT2D eigenvalue weighted by Crippen LogP contribution is -2.39. The number of carboxylic acids is 1. The van der Waals surface area contributed by atoms with Gasteiger partial charge in [-0.15, -0.1) is 0 Å². The van der Waals surface area contributed by atoms with Crippen LogP contribution in [0.15, 0.2) is 0 Å². The van der Waals surface area contributed by atoms with Gasteiger partial charge in [-0.2, -0.15) is 0 Å². The summed E-state index contributed by atoms with van der Waals surface area (Å²) in [6.45, 7) is 2.89. The second kappa shape index (κ2) is 5.58. The molecule has 86 valence electrons. The third-order valence-corrected chi connectivity index (χ3v) is 2.84. The summed E-state index contributed by atoms with van der Waals surface area (Å²) < 4.78 is 0. The predicted molar refractivity (Wildman–Crippen MR) is 55.5 cm³/mol. The first-order chi connectivity index (χ1) is 7.15. The van der Waals surface area contributed by atoms with Crippen LogP contribution in [0.5, 0.6) is 0 Å². The number of carbonyl (C=O) groups excluding carboxylic acids is 1. The van der Waals surface area contributed by atoms with E-state index in [1.54, 1.807) is 0 Å². The number of hydrogen-bond acceptors (Lipinski definition) is 2. The SMILES string of the molecule is CCNC(=O)NCC1CCCC1C(=O)O. The van der Waals surface area contributed by atoms with Crippen molar-refractivity contribution in [3.8, 4) is 0 Å². The van der Waals surface area contributed by atoms with Gasteiger partial charge in [0.25, 0.3) is 0 Å². The van der Waals surface area contributed by atoms with Gasteiger partial charge in [-0.3, -0.25) is 4.79 Å². The van der Waals surface area contributed by atoms with Crippen LogP contribution in [0.1, 0.15) is 26.2 Å². The Balaban J connectivity index is 2.31. The molecule has 3 N–H and O–H groups in total. The van der Waals surface area contributed by atoms with E-state index in [2.05, 4.69) is 10.6 Å². The van der Waals surface area contributed by atoms with Crippen molar-refractivity contribution in [2.75, 3.05) is 13.1 Å². The van der Waals surface area contributed by atoms with E-state index >= 15 is 0 Å². The molecule has 0 radical (unpaired) electrons.